The Morgan fingerprint density at radius 2 is 1.63 bits per heavy atom. The molecule has 2 N–H and O–H groups in total. The predicted octanol–water partition coefficient (Wildman–Crippen LogP) is 11.1. The van der Waals surface area contributed by atoms with Gasteiger partial charge in [0.25, 0.3) is 0 Å². The molecule has 73 heavy (non-hydrogen) atoms. The zero-order valence-electron chi connectivity index (χ0n) is 43.2. The first-order valence-electron chi connectivity index (χ1n) is 25.9. The van der Waals surface area contributed by atoms with Gasteiger partial charge in [0.2, 0.25) is 11.8 Å². The molecule has 1 saturated carbocycles. The lowest BCUT2D eigenvalue weighted by molar-refractivity contribution is -0.138. The van der Waals surface area contributed by atoms with Gasteiger partial charge in [0.15, 0.2) is 0 Å². The minimum atomic E-state index is -4.69. The van der Waals surface area contributed by atoms with E-state index in [4.69, 9.17) is 26.1 Å². The second kappa shape index (κ2) is 22.4. The van der Waals surface area contributed by atoms with Gasteiger partial charge in [0, 0.05) is 68.2 Å². The van der Waals surface area contributed by atoms with Gasteiger partial charge in [-0.15, -0.1) is 0 Å². The molecule has 4 amide bonds. The normalized spacial score (nSPS) is 20.1. The summed E-state index contributed by atoms with van der Waals surface area (Å²) in [5, 5.41) is 6.88. The number of benzene rings is 3. The van der Waals surface area contributed by atoms with Crippen molar-refractivity contribution in [3.63, 3.8) is 0 Å². The summed E-state index contributed by atoms with van der Waals surface area (Å²) in [6.07, 6.45) is 5.06. The van der Waals surface area contributed by atoms with Gasteiger partial charge in [0.1, 0.15) is 23.0 Å². The van der Waals surface area contributed by atoms with E-state index in [-0.39, 0.29) is 41.2 Å². The number of ether oxygens (including phenoxy) is 2. The molecule has 4 aliphatic rings. The molecule has 394 valence electrons. The van der Waals surface area contributed by atoms with Crippen molar-refractivity contribution < 1.29 is 41.8 Å². The number of nitrogens with one attached hydrogen (secondary N) is 2. The number of piperidine rings is 2. The Kier molecular flexibility index (Phi) is 16.5. The number of imide groups is 1. The quantitative estimate of drug-likeness (QED) is 0.116. The topological polar surface area (TPSA) is 150 Å². The van der Waals surface area contributed by atoms with Gasteiger partial charge in [-0.05, 0) is 178 Å². The molecular weight excluding hydrogens is 961 g/mol. The summed E-state index contributed by atoms with van der Waals surface area (Å²) in [4.78, 5) is 69.0. The molecule has 1 atom stereocenters. The highest BCUT2D eigenvalue weighted by atomic mass is 35.5. The number of carbonyl (C=O) groups excluding carboxylic acids is 4. The smallest absolute Gasteiger partial charge is 0.416 e. The second-order valence-electron chi connectivity index (χ2n) is 21.5. The standard InChI is InChI=1S/C55H70ClF3N8O6/c1-33(38-27-39(52(70)73-54(3,4)5)29-40(28-38)55(57,58)59)60-50-44-31-43(48(72-7)32-46(44)61-34(2)62-50)36-10-12-37(13-11-36)51(69)66-22-16-35(17-23-66)9-8-21-64(6)41-18-24-65(25-19-41)42-14-15-45(56)47(30-42)67-26-20-49(68)63-53(67)71/h14-15,27-33,35-37,41H,8-13,16-26H2,1-7H3,(H,60,61,62)(H,63,68,71)/t33-,36?,37?/m1/s1. The van der Waals surface area contributed by atoms with Crippen molar-refractivity contribution in [3.8, 4) is 5.75 Å². The third-order valence-corrected chi connectivity index (χ3v) is 15.5. The fraction of sp³-hybridized carbons (Fsp3) is 0.564. The number of likely N-dealkylation sites (tertiary alicyclic amines) is 1. The average molecular weight is 1030 g/mol. The summed E-state index contributed by atoms with van der Waals surface area (Å²) < 4.78 is 53.7. The van der Waals surface area contributed by atoms with E-state index in [1.54, 1.807) is 41.7 Å². The molecule has 18 heteroatoms. The lowest BCUT2D eigenvalue weighted by Crippen LogP contribution is -2.49. The van der Waals surface area contributed by atoms with Crippen molar-refractivity contribution in [1.29, 1.82) is 0 Å². The fourth-order valence-electron chi connectivity index (χ4n) is 11.1. The van der Waals surface area contributed by atoms with Crippen molar-refractivity contribution in [2.24, 2.45) is 11.8 Å². The number of rotatable bonds is 14. The van der Waals surface area contributed by atoms with Crippen LogP contribution in [0.25, 0.3) is 10.9 Å². The Hall–Kier alpha value is -5.68. The lowest BCUT2D eigenvalue weighted by Gasteiger charge is -2.39. The van der Waals surface area contributed by atoms with E-state index >= 15 is 0 Å². The Balaban J connectivity index is 0.811. The van der Waals surface area contributed by atoms with E-state index in [9.17, 15) is 32.3 Å². The average Bonchev–Trinajstić information content (AvgIpc) is 3.35. The molecule has 3 aliphatic heterocycles. The maximum absolute atomic E-state index is 14.1. The Labute approximate surface area is 431 Å². The number of anilines is 3. The van der Waals surface area contributed by atoms with E-state index in [1.165, 1.54) is 11.0 Å². The van der Waals surface area contributed by atoms with Gasteiger partial charge < -0.3 is 29.5 Å². The molecule has 1 aliphatic carbocycles. The van der Waals surface area contributed by atoms with E-state index in [1.807, 2.05) is 30.3 Å². The van der Waals surface area contributed by atoms with Crippen LogP contribution in [0.1, 0.15) is 143 Å². The molecule has 0 spiro atoms. The van der Waals surface area contributed by atoms with Crippen LogP contribution >= 0.6 is 11.6 Å². The van der Waals surface area contributed by atoms with Crippen LogP contribution in [0.3, 0.4) is 0 Å². The van der Waals surface area contributed by atoms with Crippen molar-refractivity contribution in [3.05, 3.63) is 81.6 Å². The monoisotopic (exact) mass is 1030 g/mol. The fourth-order valence-corrected chi connectivity index (χ4v) is 11.4. The highest BCUT2D eigenvalue weighted by Crippen LogP contribution is 2.43. The van der Waals surface area contributed by atoms with Crippen LogP contribution in [0.2, 0.25) is 5.02 Å². The first-order valence-corrected chi connectivity index (χ1v) is 26.2. The predicted molar refractivity (Wildman–Crippen MR) is 278 cm³/mol. The Morgan fingerprint density at radius 3 is 2.29 bits per heavy atom. The van der Waals surface area contributed by atoms with Crippen molar-refractivity contribution in [1.82, 2.24) is 25.1 Å². The van der Waals surface area contributed by atoms with Gasteiger partial charge >= 0.3 is 18.2 Å². The molecule has 8 rings (SSSR count). The largest absolute Gasteiger partial charge is 0.496 e. The molecule has 1 aromatic heterocycles. The summed E-state index contributed by atoms with van der Waals surface area (Å²) >= 11 is 6.51. The van der Waals surface area contributed by atoms with E-state index in [2.05, 4.69) is 37.4 Å². The summed E-state index contributed by atoms with van der Waals surface area (Å²) in [5.74, 6) is 1.43. The van der Waals surface area contributed by atoms with Gasteiger partial charge in [-0.2, -0.15) is 13.2 Å². The number of carbonyl (C=O) groups is 4. The van der Waals surface area contributed by atoms with Crippen LogP contribution in [-0.4, -0.2) is 109 Å². The number of aryl methyl sites for hydroxylation is 1. The highest BCUT2D eigenvalue weighted by molar-refractivity contribution is 6.34. The van der Waals surface area contributed by atoms with Crippen LogP contribution in [0, 0.1) is 18.8 Å². The highest BCUT2D eigenvalue weighted by Gasteiger charge is 2.36. The SMILES string of the molecule is COc1cc2nc(C)nc(N[C@H](C)c3cc(C(=O)OC(C)(C)C)cc(C(F)(F)F)c3)c2cc1C1CCC(C(=O)N2CCC(CCCN(C)C3CCN(c4ccc(Cl)c(N5CCC(=O)NC5=O)c4)CC3)CC2)CC1. The van der Waals surface area contributed by atoms with Crippen molar-refractivity contribution in [2.45, 2.75) is 135 Å². The van der Waals surface area contributed by atoms with Crippen LogP contribution in [0.15, 0.2) is 48.5 Å². The molecular formula is C55H70ClF3N8O6. The Morgan fingerprint density at radius 1 is 0.918 bits per heavy atom. The number of fused-ring (bicyclic) bond motifs is 1. The number of halogens is 4. The number of urea groups is 1. The lowest BCUT2D eigenvalue weighted by atomic mass is 9.77. The molecule has 0 radical (unpaired) electrons. The zero-order chi connectivity index (χ0) is 52.4. The maximum Gasteiger partial charge on any atom is 0.416 e. The minimum absolute atomic E-state index is 0.0359. The van der Waals surface area contributed by atoms with Crippen LogP contribution in [0.5, 0.6) is 5.75 Å². The first-order chi connectivity index (χ1) is 34.6. The van der Waals surface area contributed by atoms with Crippen molar-refractivity contribution >= 4 is 63.5 Å². The number of hydrogen-bond donors (Lipinski definition) is 2. The number of aromatic nitrogens is 2. The number of esters is 1. The van der Waals surface area contributed by atoms with Gasteiger partial charge in [-0.1, -0.05) is 11.6 Å². The molecule has 4 heterocycles. The maximum atomic E-state index is 14.1. The summed E-state index contributed by atoms with van der Waals surface area (Å²) in [6, 6.07) is 12.3. The van der Waals surface area contributed by atoms with Gasteiger partial charge in [-0.25, -0.2) is 19.6 Å². The van der Waals surface area contributed by atoms with Crippen LogP contribution < -0.4 is 25.2 Å². The third kappa shape index (κ3) is 13.0. The van der Waals surface area contributed by atoms with Gasteiger partial charge in [-0.3, -0.25) is 19.8 Å². The van der Waals surface area contributed by atoms with E-state index in [0.29, 0.717) is 57.5 Å². The Bertz CT molecular complexity index is 2670. The summed E-state index contributed by atoms with van der Waals surface area (Å²) in [7, 11) is 3.86. The molecule has 0 bridgehead atoms. The number of methoxy groups -OCH3 is 1. The number of hydrogen-bond acceptors (Lipinski definition) is 11. The molecule has 14 nitrogen and oxygen atoms in total. The van der Waals surface area contributed by atoms with Crippen LogP contribution in [0.4, 0.5) is 35.2 Å². The van der Waals surface area contributed by atoms with E-state index < -0.39 is 35.4 Å². The third-order valence-electron chi connectivity index (χ3n) is 15.2. The molecule has 0 unspecified atom stereocenters. The number of alkyl halides is 3. The van der Waals surface area contributed by atoms with Crippen LogP contribution in [-0.2, 0) is 20.5 Å². The number of nitrogens with zero attached hydrogens (tertiary/aromatic N) is 6. The van der Waals surface area contributed by atoms with E-state index in [0.717, 1.165) is 120 Å². The summed E-state index contributed by atoms with van der Waals surface area (Å²) in [6.45, 7) is 13.2. The summed E-state index contributed by atoms with van der Waals surface area (Å²) in [5.41, 5.74) is 1.46. The minimum Gasteiger partial charge on any atom is -0.496 e. The van der Waals surface area contributed by atoms with Crippen molar-refractivity contribution in [2.75, 3.05) is 68.5 Å². The molecule has 4 fully saturated rings. The zero-order valence-corrected chi connectivity index (χ0v) is 43.9. The number of amides is 4. The second-order valence-corrected chi connectivity index (χ2v) is 21.9. The molecule has 3 saturated heterocycles. The first kappa shape index (κ1) is 53.6. The van der Waals surface area contributed by atoms with Gasteiger partial charge in [0.05, 0.1) is 40.5 Å². The molecule has 4 aromatic rings. The molecule has 3 aromatic carbocycles.